The minimum atomic E-state index is 0.0203. The highest BCUT2D eigenvalue weighted by molar-refractivity contribution is 6.34. The van der Waals surface area contributed by atoms with Crippen molar-refractivity contribution in [2.75, 3.05) is 0 Å². The zero-order chi connectivity index (χ0) is 10.8. The van der Waals surface area contributed by atoms with Crippen molar-refractivity contribution in [3.63, 3.8) is 0 Å². The van der Waals surface area contributed by atoms with Crippen LogP contribution in [0.15, 0.2) is 24.3 Å². The smallest absolute Gasteiger partial charge is 0.161 e. The maximum atomic E-state index is 11.2. The zero-order valence-electron chi connectivity index (χ0n) is 8.72. The maximum Gasteiger partial charge on any atom is 0.161 e. The molecule has 0 aliphatic heterocycles. The van der Waals surface area contributed by atoms with Crippen LogP contribution in [0, 0.1) is 0 Å². The zero-order valence-corrected chi connectivity index (χ0v) is 9.47. The second kappa shape index (κ2) is 4.19. The van der Waals surface area contributed by atoms with Gasteiger partial charge in [-0.05, 0) is 49.5 Å². The van der Waals surface area contributed by atoms with Gasteiger partial charge in [0.25, 0.3) is 0 Å². The third-order valence-electron chi connectivity index (χ3n) is 2.76. The molecule has 1 aliphatic carbocycles. The molecule has 1 nitrogen and oxygen atoms in total. The standard InChI is InChI=1S/C13H13ClO/c1-9(15)12-7-6-11(8-13(12)14)10-4-2-3-5-10/h4,6-8H,2-3,5H2,1H3. The molecule has 0 fully saturated rings. The summed E-state index contributed by atoms with van der Waals surface area (Å²) in [7, 11) is 0. The van der Waals surface area contributed by atoms with E-state index in [1.165, 1.54) is 18.9 Å². The second-order valence-corrected chi connectivity index (χ2v) is 4.28. The monoisotopic (exact) mass is 220 g/mol. The van der Waals surface area contributed by atoms with E-state index in [0.717, 1.165) is 18.4 Å². The summed E-state index contributed by atoms with van der Waals surface area (Å²) in [5.74, 6) is 0.0203. The largest absolute Gasteiger partial charge is 0.294 e. The molecule has 0 atom stereocenters. The predicted molar refractivity (Wildman–Crippen MR) is 63.3 cm³/mol. The van der Waals surface area contributed by atoms with Crippen LogP contribution in [0.25, 0.3) is 5.57 Å². The number of benzene rings is 1. The van der Waals surface area contributed by atoms with Gasteiger partial charge in [0.1, 0.15) is 0 Å². The molecule has 0 saturated carbocycles. The van der Waals surface area contributed by atoms with E-state index in [4.69, 9.17) is 11.6 Å². The first-order chi connectivity index (χ1) is 7.18. The van der Waals surface area contributed by atoms with E-state index in [9.17, 15) is 4.79 Å². The molecule has 2 rings (SSSR count). The molecular formula is C13H13ClO. The van der Waals surface area contributed by atoms with Crippen LogP contribution in [0.3, 0.4) is 0 Å². The molecule has 0 radical (unpaired) electrons. The molecule has 0 aromatic heterocycles. The van der Waals surface area contributed by atoms with Crippen LogP contribution in [-0.4, -0.2) is 5.78 Å². The fourth-order valence-electron chi connectivity index (χ4n) is 1.93. The van der Waals surface area contributed by atoms with Gasteiger partial charge >= 0.3 is 0 Å². The van der Waals surface area contributed by atoms with Crippen LogP contribution >= 0.6 is 11.6 Å². The predicted octanol–water partition coefficient (Wildman–Crippen LogP) is 4.11. The van der Waals surface area contributed by atoms with E-state index < -0.39 is 0 Å². The Bertz CT molecular complexity index is 432. The highest BCUT2D eigenvalue weighted by Gasteiger charge is 2.10. The SMILES string of the molecule is CC(=O)c1ccc(C2=CCCC2)cc1Cl. The van der Waals surface area contributed by atoms with E-state index >= 15 is 0 Å². The molecule has 0 amide bonds. The van der Waals surface area contributed by atoms with Gasteiger partial charge in [-0.3, -0.25) is 4.79 Å². The van der Waals surface area contributed by atoms with Crippen molar-refractivity contribution < 1.29 is 4.79 Å². The Balaban J connectivity index is 2.37. The third-order valence-corrected chi connectivity index (χ3v) is 3.07. The lowest BCUT2D eigenvalue weighted by molar-refractivity contribution is 0.101. The van der Waals surface area contributed by atoms with Crippen molar-refractivity contribution >= 4 is 23.0 Å². The summed E-state index contributed by atoms with van der Waals surface area (Å²) < 4.78 is 0. The van der Waals surface area contributed by atoms with Crippen molar-refractivity contribution in [2.45, 2.75) is 26.2 Å². The summed E-state index contributed by atoms with van der Waals surface area (Å²) >= 11 is 6.05. The van der Waals surface area contributed by atoms with Gasteiger partial charge in [0.15, 0.2) is 5.78 Å². The first kappa shape index (κ1) is 10.4. The highest BCUT2D eigenvalue weighted by atomic mass is 35.5. The van der Waals surface area contributed by atoms with E-state index in [0.29, 0.717) is 10.6 Å². The number of carbonyl (C=O) groups excluding carboxylic acids is 1. The molecule has 2 heteroatoms. The summed E-state index contributed by atoms with van der Waals surface area (Å²) in [5.41, 5.74) is 3.12. The van der Waals surface area contributed by atoms with Gasteiger partial charge in [-0.2, -0.15) is 0 Å². The summed E-state index contributed by atoms with van der Waals surface area (Å²) in [6.45, 7) is 1.54. The first-order valence-electron chi connectivity index (χ1n) is 5.18. The summed E-state index contributed by atoms with van der Waals surface area (Å²) in [4.78, 5) is 11.2. The van der Waals surface area contributed by atoms with Gasteiger partial charge in [-0.15, -0.1) is 0 Å². The van der Waals surface area contributed by atoms with Crippen LogP contribution in [0.5, 0.6) is 0 Å². The lowest BCUT2D eigenvalue weighted by Crippen LogP contribution is -1.94. The lowest BCUT2D eigenvalue weighted by Gasteiger charge is -2.05. The molecule has 0 N–H and O–H groups in total. The molecule has 0 unspecified atom stereocenters. The quantitative estimate of drug-likeness (QED) is 0.686. The topological polar surface area (TPSA) is 17.1 Å². The van der Waals surface area contributed by atoms with Gasteiger partial charge in [0.2, 0.25) is 0 Å². The Morgan fingerprint density at radius 1 is 1.40 bits per heavy atom. The van der Waals surface area contributed by atoms with Gasteiger partial charge in [-0.1, -0.05) is 23.7 Å². The number of ketones is 1. The maximum absolute atomic E-state index is 11.2. The number of allylic oxidation sites excluding steroid dienone is 2. The Morgan fingerprint density at radius 3 is 2.73 bits per heavy atom. The van der Waals surface area contributed by atoms with Crippen LogP contribution < -0.4 is 0 Å². The summed E-state index contributed by atoms with van der Waals surface area (Å²) in [6.07, 6.45) is 5.75. The molecule has 78 valence electrons. The molecular weight excluding hydrogens is 208 g/mol. The van der Waals surface area contributed by atoms with Gasteiger partial charge in [0.05, 0.1) is 5.02 Å². The molecule has 1 aliphatic rings. The van der Waals surface area contributed by atoms with Crippen LogP contribution in [-0.2, 0) is 0 Å². The van der Waals surface area contributed by atoms with Crippen molar-refractivity contribution in [2.24, 2.45) is 0 Å². The lowest BCUT2D eigenvalue weighted by atomic mass is 10.0. The van der Waals surface area contributed by atoms with Crippen molar-refractivity contribution in [3.8, 4) is 0 Å². The molecule has 1 aromatic carbocycles. The second-order valence-electron chi connectivity index (χ2n) is 3.87. The minimum Gasteiger partial charge on any atom is -0.294 e. The minimum absolute atomic E-state index is 0.0203. The number of carbonyl (C=O) groups is 1. The summed E-state index contributed by atoms with van der Waals surface area (Å²) in [5, 5.41) is 0.563. The van der Waals surface area contributed by atoms with Crippen LogP contribution in [0.2, 0.25) is 5.02 Å². The third kappa shape index (κ3) is 2.13. The Kier molecular flexibility index (Phi) is 2.92. The Morgan fingerprint density at radius 2 is 2.20 bits per heavy atom. The van der Waals surface area contributed by atoms with Crippen LogP contribution in [0.1, 0.15) is 42.1 Å². The normalized spacial score (nSPS) is 15.2. The van der Waals surface area contributed by atoms with Crippen molar-refractivity contribution in [1.29, 1.82) is 0 Å². The highest BCUT2D eigenvalue weighted by Crippen LogP contribution is 2.30. The van der Waals surface area contributed by atoms with Gasteiger partial charge < -0.3 is 0 Å². The molecule has 15 heavy (non-hydrogen) atoms. The number of halogens is 1. The number of Topliss-reactive ketones (excluding diaryl/α,β-unsaturated/α-hetero) is 1. The molecule has 0 bridgehead atoms. The fraction of sp³-hybridized carbons (Fsp3) is 0.308. The van der Waals surface area contributed by atoms with E-state index in [1.807, 2.05) is 18.2 Å². The Labute approximate surface area is 94.8 Å². The average molecular weight is 221 g/mol. The number of hydrogen-bond donors (Lipinski definition) is 0. The van der Waals surface area contributed by atoms with Gasteiger partial charge in [-0.25, -0.2) is 0 Å². The first-order valence-corrected chi connectivity index (χ1v) is 5.56. The van der Waals surface area contributed by atoms with E-state index in [1.54, 1.807) is 0 Å². The van der Waals surface area contributed by atoms with Crippen molar-refractivity contribution in [1.82, 2.24) is 0 Å². The average Bonchev–Trinajstić information content (AvgIpc) is 2.69. The number of rotatable bonds is 2. The number of hydrogen-bond acceptors (Lipinski definition) is 1. The molecule has 0 heterocycles. The Hall–Kier alpha value is -1.08. The summed E-state index contributed by atoms with van der Waals surface area (Å²) in [6, 6.07) is 5.70. The molecule has 0 saturated heterocycles. The molecule has 1 aromatic rings. The van der Waals surface area contributed by atoms with E-state index in [2.05, 4.69) is 6.08 Å². The van der Waals surface area contributed by atoms with Crippen LogP contribution in [0.4, 0.5) is 0 Å². The van der Waals surface area contributed by atoms with Crippen molar-refractivity contribution in [3.05, 3.63) is 40.4 Å². The fourth-order valence-corrected chi connectivity index (χ4v) is 2.25. The van der Waals surface area contributed by atoms with Gasteiger partial charge in [0, 0.05) is 5.56 Å². The van der Waals surface area contributed by atoms with E-state index in [-0.39, 0.29) is 5.78 Å². The molecule has 0 spiro atoms.